The van der Waals surface area contributed by atoms with Gasteiger partial charge in [-0.1, -0.05) is 26.0 Å². The number of amides is 1. The summed E-state index contributed by atoms with van der Waals surface area (Å²) in [5.41, 5.74) is 3.42. The topological polar surface area (TPSA) is 46.0 Å². The van der Waals surface area contributed by atoms with E-state index in [4.69, 9.17) is 4.74 Å². The molecule has 1 aliphatic heterocycles. The molecule has 0 unspecified atom stereocenters. The summed E-state index contributed by atoms with van der Waals surface area (Å²) in [7, 11) is 1.68. The Morgan fingerprint density at radius 1 is 1.11 bits per heavy atom. The van der Waals surface area contributed by atoms with Crippen LogP contribution in [0.4, 0.5) is 11.4 Å². The number of anilines is 2. The standard InChI is InChI=1S/C23H31N3O2/c1-4-18(2)19-5-7-20(8-6-19)24-23(27)17-25-13-15-26(16-14-25)21-9-11-22(28-3)12-10-21/h5-12,18H,4,13-17H2,1-3H3,(H,24,27)/p+1/t18-/m0/s1. The molecule has 2 aromatic carbocycles. The Morgan fingerprint density at radius 2 is 1.75 bits per heavy atom. The summed E-state index contributed by atoms with van der Waals surface area (Å²) in [5.74, 6) is 1.52. The number of piperazine rings is 1. The number of quaternary nitrogens is 1. The highest BCUT2D eigenvalue weighted by Gasteiger charge is 2.22. The van der Waals surface area contributed by atoms with Gasteiger partial charge in [0.2, 0.25) is 0 Å². The van der Waals surface area contributed by atoms with E-state index in [9.17, 15) is 4.79 Å². The molecule has 28 heavy (non-hydrogen) atoms. The number of rotatable bonds is 7. The average molecular weight is 383 g/mol. The molecule has 1 amide bonds. The van der Waals surface area contributed by atoms with E-state index in [2.05, 4.69) is 48.3 Å². The van der Waals surface area contributed by atoms with Crippen molar-refractivity contribution in [1.29, 1.82) is 0 Å². The van der Waals surface area contributed by atoms with Gasteiger partial charge < -0.3 is 19.9 Å². The SMILES string of the molecule is CC[C@H](C)c1ccc(NC(=O)C[NH+]2CCN(c3ccc(OC)cc3)CC2)cc1. The first-order valence-electron chi connectivity index (χ1n) is 10.2. The molecule has 0 saturated carbocycles. The van der Waals surface area contributed by atoms with E-state index >= 15 is 0 Å². The zero-order chi connectivity index (χ0) is 19.9. The van der Waals surface area contributed by atoms with Gasteiger partial charge in [-0.25, -0.2) is 0 Å². The second-order valence-corrected chi connectivity index (χ2v) is 7.59. The summed E-state index contributed by atoms with van der Waals surface area (Å²) in [5, 5.41) is 3.04. The van der Waals surface area contributed by atoms with Crippen molar-refractivity contribution >= 4 is 17.3 Å². The van der Waals surface area contributed by atoms with Crippen molar-refractivity contribution in [1.82, 2.24) is 0 Å². The molecule has 150 valence electrons. The van der Waals surface area contributed by atoms with Crippen molar-refractivity contribution in [2.75, 3.05) is 50.1 Å². The third-order valence-electron chi connectivity index (χ3n) is 5.69. The van der Waals surface area contributed by atoms with E-state index in [1.165, 1.54) is 16.2 Å². The van der Waals surface area contributed by atoms with Crippen molar-refractivity contribution < 1.29 is 14.4 Å². The molecule has 3 rings (SSSR count). The van der Waals surface area contributed by atoms with Crippen LogP contribution in [0.15, 0.2) is 48.5 Å². The summed E-state index contributed by atoms with van der Waals surface area (Å²) in [6, 6.07) is 16.4. The number of ether oxygens (including phenoxy) is 1. The first kappa shape index (κ1) is 20.2. The van der Waals surface area contributed by atoms with Gasteiger partial charge in [-0.3, -0.25) is 4.79 Å². The van der Waals surface area contributed by atoms with Crippen LogP contribution >= 0.6 is 0 Å². The Bertz CT molecular complexity index is 750. The molecule has 0 radical (unpaired) electrons. The number of methoxy groups -OCH3 is 1. The molecule has 2 aromatic rings. The Labute approximate surface area is 168 Å². The van der Waals surface area contributed by atoms with Crippen LogP contribution in [0.5, 0.6) is 5.75 Å². The summed E-state index contributed by atoms with van der Waals surface area (Å²) < 4.78 is 5.22. The Morgan fingerprint density at radius 3 is 2.32 bits per heavy atom. The van der Waals surface area contributed by atoms with Crippen LogP contribution in [0.2, 0.25) is 0 Å². The lowest BCUT2D eigenvalue weighted by atomic mass is 9.99. The van der Waals surface area contributed by atoms with Crippen molar-refractivity contribution in [3.05, 3.63) is 54.1 Å². The van der Waals surface area contributed by atoms with Crippen LogP contribution in [-0.2, 0) is 4.79 Å². The Kier molecular flexibility index (Phi) is 6.93. The summed E-state index contributed by atoms with van der Waals surface area (Å²) in [4.78, 5) is 16.1. The molecule has 1 fully saturated rings. The molecule has 1 saturated heterocycles. The minimum Gasteiger partial charge on any atom is -0.497 e. The van der Waals surface area contributed by atoms with E-state index in [0.29, 0.717) is 12.5 Å². The number of nitrogens with zero attached hydrogens (tertiary/aromatic N) is 1. The summed E-state index contributed by atoms with van der Waals surface area (Å²) in [6.07, 6.45) is 1.12. The smallest absolute Gasteiger partial charge is 0.279 e. The maximum absolute atomic E-state index is 12.4. The predicted molar refractivity (Wildman–Crippen MR) is 115 cm³/mol. The van der Waals surface area contributed by atoms with Crippen LogP contribution in [0.1, 0.15) is 31.7 Å². The fourth-order valence-corrected chi connectivity index (χ4v) is 3.61. The van der Waals surface area contributed by atoms with E-state index in [1.807, 2.05) is 24.3 Å². The molecule has 1 atom stereocenters. The first-order chi connectivity index (χ1) is 13.6. The van der Waals surface area contributed by atoms with Crippen LogP contribution < -0.4 is 19.9 Å². The molecule has 0 aromatic heterocycles. The maximum atomic E-state index is 12.4. The van der Waals surface area contributed by atoms with Crippen LogP contribution in [-0.4, -0.2) is 45.7 Å². The van der Waals surface area contributed by atoms with Gasteiger partial charge in [0.15, 0.2) is 6.54 Å². The summed E-state index contributed by atoms with van der Waals surface area (Å²) >= 11 is 0. The number of carbonyl (C=O) groups is 1. The van der Waals surface area contributed by atoms with E-state index < -0.39 is 0 Å². The molecule has 0 spiro atoms. The van der Waals surface area contributed by atoms with E-state index in [-0.39, 0.29) is 5.91 Å². The molecule has 1 heterocycles. The summed E-state index contributed by atoms with van der Waals surface area (Å²) in [6.45, 7) is 8.78. The van der Waals surface area contributed by atoms with Gasteiger partial charge in [0, 0.05) is 11.4 Å². The van der Waals surface area contributed by atoms with Crippen molar-refractivity contribution in [3.8, 4) is 5.75 Å². The second-order valence-electron chi connectivity index (χ2n) is 7.59. The molecule has 2 N–H and O–H groups in total. The molecular weight excluding hydrogens is 350 g/mol. The number of nitrogens with one attached hydrogen (secondary N) is 2. The van der Waals surface area contributed by atoms with Gasteiger partial charge >= 0.3 is 0 Å². The molecule has 5 nitrogen and oxygen atoms in total. The average Bonchev–Trinajstić information content (AvgIpc) is 2.74. The minimum absolute atomic E-state index is 0.0872. The highest BCUT2D eigenvalue weighted by Crippen LogP contribution is 2.20. The number of carbonyl (C=O) groups excluding carboxylic acids is 1. The third kappa shape index (κ3) is 5.26. The maximum Gasteiger partial charge on any atom is 0.279 e. The molecule has 0 bridgehead atoms. The van der Waals surface area contributed by atoms with Crippen LogP contribution in [0.3, 0.4) is 0 Å². The van der Waals surface area contributed by atoms with Crippen molar-refractivity contribution in [2.45, 2.75) is 26.2 Å². The minimum atomic E-state index is 0.0872. The Balaban J connectivity index is 1.45. The van der Waals surface area contributed by atoms with Gasteiger partial charge in [-0.05, 0) is 54.3 Å². The number of hydrogen-bond acceptors (Lipinski definition) is 3. The number of hydrogen-bond donors (Lipinski definition) is 2. The van der Waals surface area contributed by atoms with E-state index in [1.54, 1.807) is 7.11 Å². The highest BCUT2D eigenvalue weighted by atomic mass is 16.5. The van der Waals surface area contributed by atoms with Gasteiger partial charge in [0.25, 0.3) is 5.91 Å². The second kappa shape index (κ2) is 9.60. The number of benzene rings is 2. The van der Waals surface area contributed by atoms with Gasteiger partial charge in [0.05, 0.1) is 33.3 Å². The molecular formula is C23H32N3O2+. The third-order valence-corrected chi connectivity index (χ3v) is 5.69. The van der Waals surface area contributed by atoms with Crippen molar-refractivity contribution in [3.63, 3.8) is 0 Å². The molecule has 1 aliphatic rings. The van der Waals surface area contributed by atoms with Crippen LogP contribution in [0, 0.1) is 0 Å². The van der Waals surface area contributed by atoms with Gasteiger partial charge in [0.1, 0.15) is 5.75 Å². The van der Waals surface area contributed by atoms with Crippen LogP contribution in [0.25, 0.3) is 0 Å². The zero-order valence-corrected chi connectivity index (χ0v) is 17.2. The lowest BCUT2D eigenvalue weighted by Crippen LogP contribution is -3.15. The predicted octanol–water partition coefficient (Wildman–Crippen LogP) is 2.55. The fraction of sp³-hybridized carbons (Fsp3) is 0.435. The van der Waals surface area contributed by atoms with Gasteiger partial charge in [-0.15, -0.1) is 0 Å². The lowest BCUT2D eigenvalue weighted by molar-refractivity contribution is -0.892. The molecule has 5 heteroatoms. The van der Waals surface area contributed by atoms with Crippen molar-refractivity contribution in [2.24, 2.45) is 0 Å². The zero-order valence-electron chi connectivity index (χ0n) is 17.2. The van der Waals surface area contributed by atoms with Gasteiger partial charge in [-0.2, -0.15) is 0 Å². The Hall–Kier alpha value is -2.53. The lowest BCUT2D eigenvalue weighted by Gasteiger charge is -2.33. The quantitative estimate of drug-likeness (QED) is 0.774. The highest BCUT2D eigenvalue weighted by molar-refractivity contribution is 5.91. The normalized spacial score (nSPS) is 15.9. The monoisotopic (exact) mass is 382 g/mol. The molecule has 0 aliphatic carbocycles. The largest absolute Gasteiger partial charge is 0.497 e. The first-order valence-corrected chi connectivity index (χ1v) is 10.2. The van der Waals surface area contributed by atoms with E-state index in [0.717, 1.165) is 44.0 Å². The fourth-order valence-electron chi connectivity index (χ4n) is 3.61.